The highest BCUT2D eigenvalue weighted by Gasteiger charge is 2.10. The lowest BCUT2D eigenvalue weighted by molar-refractivity contribution is -0.113. The minimum atomic E-state index is -0.703. The van der Waals surface area contributed by atoms with Gasteiger partial charge in [-0.1, -0.05) is 0 Å². The van der Waals surface area contributed by atoms with Gasteiger partial charge in [0, 0.05) is 11.0 Å². The van der Waals surface area contributed by atoms with Crippen LogP contribution in [0.1, 0.15) is 6.92 Å². The summed E-state index contributed by atoms with van der Waals surface area (Å²) in [6.07, 6.45) is 0. The Kier molecular flexibility index (Phi) is 5.09. The topological polar surface area (TPSA) is 79.9 Å². The van der Waals surface area contributed by atoms with Crippen LogP contribution in [0.25, 0.3) is 0 Å². The van der Waals surface area contributed by atoms with Gasteiger partial charge in [0.25, 0.3) is 0 Å². The molecule has 0 aliphatic heterocycles. The molecule has 0 saturated carbocycles. The fourth-order valence-corrected chi connectivity index (χ4v) is 2.12. The summed E-state index contributed by atoms with van der Waals surface area (Å²) in [5, 5.41) is 8.66. The lowest BCUT2D eigenvalue weighted by Crippen LogP contribution is -2.15. The second-order valence-electron chi connectivity index (χ2n) is 3.81. The van der Waals surface area contributed by atoms with Crippen molar-refractivity contribution < 1.29 is 18.3 Å². The van der Waals surface area contributed by atoms with Gasteiger partial charge in [-0.15, -0.1) is 16.9 Å². The standard InChI is InChI=1S/C12H12F2N4O2S/c1-2-20-12-16-11(17-18-12)15-10(19)6-21-9-4-3-7(13)5-8(9)14/h3-5H,2,6H2,1H3,(H2,15,16,17,18,19). The minimum absolute atomic E-state index is 0.0484. The second kappa shape index (κ2) is 7.02. The maximum Gasteiger partial charge on any atom is 0.337 e. The second-order valence-corrected chi connectivity index (χ2v) is 4.83. The molecule has 9 heteroatoms. The van der Waals surface area contributed by atoms with Crippen molar-refractivity contribution in [3.63, 3.8) is 0 Å². The van der Waals surface area contributed by atoms with Gasteiger partial charge >= 0.3 is 6.01 Å². The summed E-state index contributed by atoms with van der Waals surface area (Å²) in [5.74, 6) is -1.67. The van der Waals surface area contributed by atoms with Crippen LogP contribution in [-0.4, -0.2) is 33.4 Å². The van der Waals surface area contributed by atoms with Crippen molar-refractivity contribution in [2.75, 3.05) is 17.7 Å². The number of hydrogen-bond donors (Lipinski definition) is 2. The highest BCUT2D eigenvalue weighted by molar-refractivity contribution is 8.00. The molecular formula is C12H12F2N4O2S. The first-order valence-corrected chi connectivity index (χ1v) is 7.00. The van der Waals surface area contributed by atoms with Crippen molar-refractivity contribution in [2.24, 2.45) is 0 Å². The first-order chi connectivity index (χ1) is 10.1. The fourth-order valence-electron chi connectivity index (χ4n) is 1.40. The third-order valence-electron chi connectivity index (χ3n) is 2.25. The number of carbonyl (C=O) groups excluding carboxylic acids is 1. The summed E-state index contributed by atoms with van der Waals surface area (Å²) in [6, 6.07) is 3.31. The van der Waals surface area contributed by atoms with Gasteiger partial charge in [0.05, 0.1) is 12.4 Å². The molecule has 6 nitrogen and oxygen atoms in total. The van der Waals surface area contributed by atoms with Crippen molar-refractivity contribution in [2.45, 2.75) is 11.8 Å². The summed E-state index contributed by atoms with van der Waals surface area (Å²) in [5.41, 5.74) is 0. The molecule has 0 aliphatic carbocycles. The molecule has 0 bridgehead atoms. The van der Waals surface area contributed by atoms with Crippen molar-refractivity contribution in [1.82, 2.24) is 15.2 Å². The number of nitrogens with zero attached hydrogens (tertiary/aromatic N) is 2. The van der Waals surface area contributed by atoms with E-state index in [1.165, 1.54) is 6.07 Å². The van der Waals surface area contributed by atoms with Crippen molar-refractivity contribution in [3.05, 3.63) is 29.8 Å². The fraction of sp³-hybridized carbons (Fsp3) is 0.250. The van der Waals surface area contributed by atoms with E-state index >= 15 is 0 Å². The zero-order chi connectivity index (χ0) is 15.2. The van der Waals surface area contributed by atoms with Crippen LogP contribution in [0, 0.1) is 11.6 Å². The Morgan fingerprint density at radius 1 is 1.48 bits per heavy atom. The van der Waals surface area contributed by atoms with Crippen LogP contribution in [0.4, 0.5) is 14.7 Å². The quantitative estimate of drug-likeness (QED) is 0.799. The Balaban J connectivity index is 1.86. The number of thioether (sulfide) groups is 1. The molecule has 0 spiro atoms. The van der Waals surface area contributed by atoms with E-state index in [0.29, 0.717) is 6.61 Å². The van der Waals surface area contributed by atoms with Gasteiger partial charge in [0.15, 0.2) is 0 Å². The van der Waals surface area contributed by atoms with Crippen molar-refractivity contribution in [3.8, 4) is 6.01 Å². The Hall–Kier alpha value is -2.16. The molecule has 0 fully saturated rings. The molecule has 1 aromatic carbocycles. The molecule has 2 N–H and O–H groups in total. The van der Waals surface area contributed by atoms with Crippen LogP contribution in [0.5, 0.6) is 6.01 Å². The number of H-pyrrole nitrogens is 1. The van der Waals surface area contributed by atoms with Gasteiger partial charge in [-0.3, -0.25) is 10.1 Å². The normalized spacial score (nSPS) is 10.4. The van der Waals surface area contributed by atoms with Gasteiger partial charge in [0.2, 0.25) is 11.9 Å². The number of amides is 1. The van der Waals surface area contributed by atoms with Crippen LogP contribution >= 0.6 is 11.8 Å². The summed E-state index contributed by atoms with van der Waals surface area (Å²) in [4.78, 5) is 15.7. The number of aromatic amines is 1. The predicted octanol–water partition coefficient (Wildman–Crippen LogP) is 2.21. The molecular weight excluding hydrogens is 302 g/mol. The van der Waals surface area contributed by atoms with E-state index in [1.54, 1.807) is 6.92 Å². The largest absolute Gasteiger partial charge is 0.463 e. The SMILES string of the molecule is CCOc1n[nH]c(NC(=O)CSc2ccc(F)cc2F)n1. The van der Waals surface area contributed by atoms with E-state index in [-0.39, 0.29) is 22.6 Å². The van der Waals surface area contributed by atoms with Gasteiger partial charge in [0.1, 0.15) is 11.6 Å². The molecule has 0 unspecified atom stereocenters. The van der Waals surface area contributed by atoms with Gasteiger partial charge in [-0.25, -0.2) is 13.9 Å². The van der Waals surface area contributed by atoms with Crippen LogP contribution < -0.4 is 10.1 Å². The number of halogens is 2. The van der Waals surface area contributed by atoms with Gasteiger partial charge < -0.3 is 4.74 Å². The molecule has 2 rings (SSSR count). The van der Waals surface area contributed by atoms with Gasteiger partial charge in [-0.05, 0) is 19.1 Å². The molecule has 21 heavy (non-hydrogen) atoms. The van der Waals surface area contributed by atoms with Crippen LogP contribution in [-0.2, 0) is 4.79 Å². The van der Waals surface area contributed by atoms with Crippen LogP contribution in [0.3, 0.4) is 0 Å². The molecule has 1 heterocycles. The van der Waals surface area contributed by atoms with Gasteiger partial charge in [-0.2, -0.15) is 4.98 Å². The zero-order valence-corrected chi connectivity index (χ0v) is 11.8. The lowest BCUT2D eigenvalue weighted by atomic mass is 10.3. The number of aromatic nitrogens is 3. The number of benzene rings is 1. The minimum Gasteiger partial charge on any atom is -0.463 e. The summed E-state index contributed by atoms with van der Waals surface area (Å²) < 4.78 is 31.1. The molecule has 0 atom stereocenters. The molecule has 1 amide bonds. The molecule has 2 aromatic rings. The average Bonchev–Trinajstić information content (AvgIpc) is 2.85. The maximum absolute atomic E-state index is 13.4. The van der Waals surface area contributed by atoms with E-state index in [4.69, 9.17) is 4.74 Å². The third kappa shape index (κ3) is 4.42. The monoisotopic (exact) mass is 314 g/mol. The number of carbonyl (C=O) groups is 1. The number of anilines is 1. The van der Waals surface area contributed by atoms with E-state index in [0.717, 1.165) is 23.9 Å². The zero-order valence-electron chi connectivity index (χ0n) is 11.0. The average molecular weight is 314 g/mol. The molecule has 0 saturated heterocycles. The Morgan fingerprint density at radius 2 is 2.29 bits per heavy atom. The van der Waals surface area contributed by atoms with Crippen LogP contribution in [0.2, 0.25) is 0 Å². The summed E-state index contributed by atoms with van der Waals surface area (Å²) in [7, 11) is 0. The molecule has 1 aromatic heterocycles. The van der Waals surface area contributed by atoms with E-state index < -0.39 is 17.5 Å². The molecule has 0 aliphatic rings. The number of hydrogen-bond acceptors (Lipinski definition) is 5. The Morgan fingerprint density at radius 3 is 3.00 bits per heavy atom. The Bertz CT molecular complexity index is 635. The smallest absolute Gasteiger partial charge is 0.337 e. The predicted molar refractivity (Wildman–Crippen MR) is 73.3 cm³/mol. The van der Waals surface area contributed by atoms with E-state index in [2.05, 4.69) is 20.5 Å². The van der Waals surface area contributed by atoms with Crippen molar-refractivity contribution in [1.29, 1.82) is 0 Å². The van der Waals surface area contributed by atoms with E-state index in [9.17, 15) is 13.6 Å². The molecule has 112 valence electrons. The first-order valence-electron chi connectivity index (χ1n) is 6.01. The third-order valence-corrected chi connectivity index (χ3v) is 3.30. The Labute approximate surface area is 123 Å². The summed E-state index contributed by atoms with van der Waals surface area (Å²) in [6.45, 7) is 2.19. The summed E-state index contributed by atoms with van der Waals surface area (Å²) >= 11 is 0.953. The number of ether oxygens (including phenoxy) is 1. The van der Waals surface area contributed by atoms with Crippen molar-refractivity contribution >= 4 is 23.6 Å². The first kappa shape index (κ1) is 15.2. The highest BCUT2D eigenvalue weighted by Crippen LogP contribution is 2.22. The van der Waals surface area contributed by atoms with Crippen LogP contribution in [0.15, 0.2) is 23.1 Å². The number of rotatable bonds is 6. The lowest BCUT2D eigenvalue weighted by Gasteiger charge is -2.03. The highest BCUT2D eigenvalue weighted by atomic mass is 32.2. The van der Waals surface area contributed by atoms with E-state index in [1.807, 2.05) is 0 Å². The number of nitrogens with one attached hydrogen (secondary N) is 2. The molecule has 0 radical (unpaired) electrons. The maximum atomic E-state index is 13.4.